The van der Waals surface area contributed by atoms with Crippen LogP contribution >= 0.6 is 0 Å². The Morgan fingerprint density at radius 3 is 2.30 bits per heavy atom. The van der Waals surface area contributed by atoms with Crippen molar-refractivity contribution in [1.82, 2.24) is 15.2 Å². The quantitative estimate of drug-likeness (QED) is 0.142. The van der Waals surface area contributed by atoms with Crippen LogP contribution in [0.1, 0.15) is 58.4 Å². The van der Waals surface area contributed by atoms with Crippen molar-refractivity contribution in [3.05, 3.63) is 131 Å². The zero-order valence-corrected chi connectivity index (χ0v) is 26.0. The summed E-state index contributed by atoms with van der Waals surface area (Å²) in [6.45, 7) is 2.63. The zero-order valence-electron chi connectivity index (χ0n) is 26.0. The van der Waals surface area contributed by atoms with E-state index in [1.807, 2.05) is 54.6 Å². The molecule has 232 valence electrons. The Bertz CT molecular complexity index is 1900. The number of carbonyl (C=O) groups is 3. The van der Waals surface area contributed by atoms with Crippen molar-refractivity contribution in [2.24, 2.45) is 0 Å². The summed E-state index contributed by atoms with van der Waals surface area (Å²) in [6, 6.07) is 33.0. The summed E-state index contributed by atoms with van der Waals surface area (Å²) in [6.07, 6.45) is 2.20. The highest BCUT2D eigenvalue weighted by Gasteiger charge is 2.59. The van der Waals surface area contributed by atoms with Crippen molar-refractivity contribution in [3.63, 3.8) is 0 Å². The maximum absolute atomic E-state index is 14.3. The van der Waals surface area contributed by atoms with Gasteiger partial charge in [-0.05, 0) is 73.2 Å². The summed E-state index contributed by atoms with van der Waals surface area (Å²) >= 11 is 0. The molecule has 1 atom stereocenters. The molecule has 8 nitrogen and oxygen atoms in total. The van der Waals surface area contributed by atoms with Crippen LogP contribution < -0.4 is 15.0 Å². The molecule has 2 aliphatic rings. The third-order valence-electron chi connectivity index (χ3n) is 9.52. The van der Waals surface area contributed by atoms with Crippen molar-refractivity contribution in [2.75, 3.05) is 25.1 Å². The second-order valence-corrected chi connectivity index (χ2v) is 12.1. The second kappa shape index (κ2) is 11.9. The van der Waals surface area contributed by atoms with E-state index in [4.69, 9.17) is 4.74 Å². The number of para-hydroxylation sites is 1. The van der Waals surface area contributed by atoms with Crippen LogP contribution in [0.3, 0.4) is 0 Å². The van der Waals surface area contributed by atoms with Crippen molar-refractivity contribution >= 4 is 34.4 Å². The average Bonchev–Trinajstić information content (AvgIpc) is 3.57. The van der Waals surface area contributed by atoms with Gasteiger partial charge in [0, 0.05) is 29.9 Å². The maximum Gasteiger partial charge on any atom is 0.332 e. The number of nitrogens with zero attached hydrogens (tertiary/aromatic N) is 2. The zero-order chi connectivity index (χ0) is 31.8. The van der Waals surface area contributed by atoms with Gasteiger partial charge in [0.2, 0.25) is 0 Å². The number of urea groups is 1. The van der Waals surface area contributed by atoms with E-state index in [0.717, 1.165) is 35.1 Å². The van der Waals surface area contributed by atoms with E-state index in [0.29, 0.717) is 25.2 Å². The molecule has 2 N–H and O–H groups in total. The van der Waals surface area contributed by atoms with Crippen LogP contribution in [0.2, 0.25) is 0 Å². The first-order chi connectivity index (χ1) is 22.4. The minimum absolute atomic E-state index is 0.209. The smallest absolute Gasteiger partial charge is 0.332 e. The molecular weight excluding hydrogens is 576 g/mol. The molecule has 1 aromatic heterocycles. The minimum Gasteiger partial charge on any atom is -0.497 e. The van der Waals surface area contributed by atoms with Gasteiger partial charge in [-0.25, -0.2) is 9.69 Å². The molecule has 0 spiro atoms. The molecule has 5 aromatic rings. The van der Waals surface area contributed by atoms with E-state index >= 15 is 0 Å². The number of ether oxygens (including phenoxy) is 1. The number of carbonyl (C=O) groups excluding carboxylic acids is 3. The van der Waals surface area contributed by atoms with E-state index in [1.165, 1.54) is 16.0 Å². The fourth-order valence-corrected chi connectivity index (χ4v) is 7.12. The number of amides is 4. The lowest BCUT2D eigenvalue weighted by Crippen LogP contribution is -2.49. The van der Waals surface area contributed by atoms with Crippen LogP contribution in [0.4, 0.5) is 10.5 Å². The first kappa shape index (κ1) is 29.3. The fraction of sp³-hybridized carbons (Fsp3) is 0.237. The summed E-state index contributed by atoms with van der Waals surface area (Å²) < 4.78 is 5.44. The number of fused-ring (bicyclic) bond motifs is 5. The van der Waals surface area contributed by atoms with Crippen molar-refractivity contribution in [2.45, 2.75) is 37.6 Å². The summed E-state index contributed by atoms with van der Waals surface area (Å²) in [5, 5.41) is 4.03. The molecule has 46 heavy (non-hydrogen) atoms. The Morgan fingerprint density at radius 2 is 1.61 bits per heavy atom. The lowest BCUT2D eigenvalue weighted by atomic mass is 9.87. The van der Waals surface area contributed by atoms with Crippen molar-refractivity contribution in [3.8, 4) is 5.75 Å². The maximum atomic E-state index is 14.3. The number of methoxy groups -OCH3 is 1. The molecule has 3 heterocycles. The second-order valence-electron chi connectivity index (χ2n) is 12.1. The van der Waals surface area contributed by atoms with Crippen molar-refractivity contribution < 1.29 is 19.1 Å². The summed E-state index contributed by atoms with van der Waals surface area (Å²) in [5.74, 6) is 0.236. The van der Waals surface area contributed by atoms with Gasteiger partial charge in [-0.3, -0.25) is 9.59 Å². The van der Waals surface area contributed by atoms with Gasteiger partial charge in [0.05, 0.1) is 24.1 Å². The highest BCUT2D eigenvalue weighted by atomic mass is 16.5. The Morgan fingerprint density at radius 1 is 0.935 bits per heavy atom. The van der Waals surface area contributed by atoms with Crippen LogP contribution in [0.15, 0.2) is 103 Å². The first-order valence-corrected chi connectivity index (χ1v) is 15.7. The van der Waals surface area contributed by atoms with E-state index in [9.17, 15) is 14.4 Å². The van der Waals surface area contributed by atoms with Gasteiger partial charge in [-0.15, -0.1) is 0 Å². The molecule has 1 saturated heterocycles. The molecular formula is C38H36N4O4. The monoisotopic (exact) mass is 612 g/mol. The molecule has 2 aliphatic heterocycles. The van der Waals surface area contributed by atoms with Gasteiger partial charge in [-0.1, -0.05) is 72.8 Å². The normalized spacial score (nSPS) is 17.4. The molecule has 4 aromatic carbocycles. The largest absolute Gasteiger partial charge is 0.497 e. The number of hydrogen-bond donors (Lipinski definition) is 2. The Hall–Kier alpha value is -5.37. The molecule has 7 rings (SSSR count). The topological polar surface area (TPSA) is 94.7 Å². The number of nitrogens with one attached hydrogen (secondary N) is 2. The number of rotatable bonds is 9. The summed E-state index contributed by atoms with van der Waals surface area (Å²) in [5.41, 5.74) is 4.41. The van der Waals surface area contributed by atoms with Crippen LogP contribution in [0, 0.1) is 0 Å². The molecule has 1 fully saturated rings. The van der Waals surface area contributed by atoms with E-state index in [-0.39, 0.29) is 29.0 Å². The third kappa shape index (κ3) is 4.81. The number of anilines is 1. The summed E-state index contributed by atoms with van der Waals surface area (Å²) in [7, 11) is 1.63. The molecule has 0 radical (unpaired) electrons. The molecule has 0 bridgehead atoms. The standard InChI is InChI=1S/C38H36N4O4/c1-38-34-29(31-24-27(46-2)19-20-32(31)40-34)21-23-41(38)37(45)42(36(38)44)33-18-10-9-16-30(33)35(43)39-22-11-17-28(25-12-5-3-6-13-25)26-14-7-4-8-15-26/h3-10,12-16,18-20,24,28,40H,11,17,21-23H2,1-2H3,(H,39,43)/t38-/m0/s1. The van der Waals surface area contributed by atoms with Crippen molar-refractivity contribution in [1.29, 1.82) is 0 Å². The van der Waals surface area contributed by atoms with Crippen LogP contribution in [-0.2, 0) is 16.8 Å². The molecule has 0 saturated carbocycles. The molecule has 4 amide bonds. The Labute approximate surface area is 268 Å². The lowest BCUT2D eigenvalue weighted by molar-refractivity contribution is -0.125. The van der Waals surface area contributed by atoms with E-state index < -0.39 is 11.6 Å². The number of benzene rings is 4. The molecule has 0 aliphatic carbocycles. The molecule has 0 unspecified atom stereocenters. The van der Waals surface area contributed by atoms with Crippen LogP contribution in [0.5, 0.6) is 5.75 Å². The Kier molecular flexibility index (Phi) is 7.56. The number of H-pyrrole nitrogens is 1. The van der Waals surface area contributed by atoms with E-state index in [2.05, 4.69) is 34.6 Å². The highest BCUT2D eigenvalue weighted by molar-refractivity contribution is 6.25. The SMILES string of the molecule is COc1ccc2[nH]c3c(c2c1)CCN1C(=O)N(c2ccccc2C(=O)NCCCC(c2ccccc2)c2ccccc2)C(=O)[C@]31C. The first-order valence-electron chi connectivity index (χ1n) is 15.7. The Balaban J connectivity index is 1.11. The predicted molar refractivity (Wildman–Crippen MR) is 178 cm³/mol. The van der Waals surface area contributed by atoms with Gasteiger partial charge < -0.3 is 19.9 Å². The highest BCUT2D eigenvalue weighted by Crippen LogP contribution is 2.46. The molecule has 8 heteroatoms. The minimum atomic E-state index is -1.23. The third-order valence-corrected chi connectivity index (χ3v) is 9.52. The predicted octanol–water partition coefficient (Wildman–Crippen LogP) is 6.76. The van der Waals surface area contributed by atoms with Gasteiger partial charge in [0.25, 0.3) is 11.8 Å². The number of hydrogen-bond acceptors (Lipinski definition) is 4. The van der Waals surface area contributed by atoms with Gasteiger partial charge in [0.15, 0.2) is 5.54 Å². The average molecular weight is 613 g/mol. The summed E-state index contributed by atoms with van der Waals surface area (Å²) in [4.78, 5) is 48.1. The lowest BCUT2D eigenvalue weighted by Gasteiger charge is -2.35. The fourth-order valence-electron chi connectivity index (χ4n) is 7.12. The number of aromatic amines is 1. The van der Waals surface area contributed by atoms with Gasteiger partial charge >= 0.3 is 6.03 Å². The number of aromatic nitrogens is 1. The van der Waals surface area contributed by atoms with Crippen LogP contribution in [-0.4, -0.2) is 47.9 Å². The van der Waals surface area contributed by atoms with Gasteiger partial charge in [0.1, 0.15) is 5.75 Å². The number of imide groups is 1. The van der Waals surface area contributed by atoms with E-state index in [1.54, 1.807) is 43.2 Å². The van der Waals surface area contributed by atoms with Gasteiger partial charge in [-0.2, -0.15) is 0 Å². The van der Waals surface area contributed by atoms with Crippen LogP contribution in [0.25, 0.3) is 10.9 Å².